The van der Waals surface area contributed by atoms with Crippen LogP contribution in [0.1, 0.15) is 0 Å². The van der Waals surface area contributed by atoms with Crippen molar-refractivity contribution in [3.05, 3.63) is 0 Å². The Morgan fingerprint density at radius 2 is 0.333 bits per heavy atom. The van der Waals surface area contributed by atoms with Gasteiger partial charge in [0, 0.05) is 0 Å². The van der Waals surface area contributed by atoms with Crippen LogP contribution in [-0.4, -0.2) is 37.2 Å². The predicted octanol–water partition coefficient (Wildman–Crippen LogP) is -27.7. The van der Waals surface area contributed by atoms with Crippen LogP contribution in [0.15, 0.2) is 0 Å². The first-order valence-corrected chi connectivity index (χ1v) is 0. The van der Waals surface area contributed by atoms with Gasteiger partial charge in [0.1, 0.15) is 0 Å². The predicted molar refractivity (Wildman–Crippen MR) is 11.5 cm³/mol. The molecule has 0 heterocycles. The summed E-state index contributed by atoms with van der Waals surface area (Å²) in [7, 11) is 0. The van der Waals surface area contributed by atoms with Crippen molar-refractivity contribution >= 4 is 37.2 Å². The summed E-state index contributed by atoms with van der Waals surface area (Å²) >= 11 is 0. The number of hydrogen-bond donors (Lipinski definition) is 0. The summed E-state index contributed by atoms with van der Waals surface area (Å²) in [6, 6.07) is 0. The third kappa shape index (κ3) is 623. The van der Waals surface area contributed by atoms with Gasteiger partial charge in [0.05, 0.1) is 0 Å². The molecule has 0 atom stereocenters. The van der Waals surface area contributed by atoms with E-state index in [-0.39, 0.29) is 105 Å². The molecule has 0 saturated heterocycles. The summed E-state index contributed by atoms with van der Waals surface area (Å²) < 4.78 is 0. The van der Waals surface area contributed by atoms with Gasteiger partial charge in [0.2, 0.25) is 0 Å². The van der Waals surface area contributed by atoms with Gasteiger partial charge in [-0.15, -0.1) is 0 Å². The van der Waals surface area contributed by atoms with Crippen LogP contribution in [0.4, 0.5) is 0 Å². The second-order valence-corrected chi connectivity index (χ2v) is 0. The first-order chi connectivity index (χ1) is 0. The summed E-state index contributed by atoms with van der Waals surface area (Å²) in [5.74, 6) is 0. The Morgan fingerprint density at radius 1 is 0.333 bits per heavy atom. The fourth-order valence-electron chi connectivity index (χ4n) is 0. The average Bonchev–Trinajstić information content (AvgIpc) is 0. The molecule has 0 nitrogen and oxygen atoms in total. The third-order valence-corrected chi connectivity index (χ3v) is 0. The maximum absolute atomic E-state index is 0. The van der Waals surface area contributed by atoms with E-state index in [0.29, 0.717) is 0 Å². The molecule has 0 aromatic carbocycles. The van der Waals surface area contributed by atoms with E-state index in [0.717, 1.165) is 0 Å². The molecule has 0 spiro atoms. The van der Waals surface area contributed by atoms with Crippen LogP contribution in [0.3, 0.4) is 0 Å². The Hall–Kier alpha value is 1.41. The molecule has 0 unspecified atom stereocenters. The molecule has 0 aliphatic heterocycles. The van der Waals surface area contributed by atoms with Gasteiger partial charge in [-0.1, -0.05) is 0 Å². The Kier molecular flexibility index (Phi) is 70500. The Bertz CT molecular complexity index is 14.5. The molecule has 0 N–H and O–H groups in total. The van der Waals surface area contributed by atoms with E-state index in [9.17, 15) is 0 Å². The van der Waals surface area contributed by atoms with Crippen molar-refractivity contribution in [2.45, 2.75) is 0 Å². The summed E-state index contributed by atoms with van der Waals surface area (Å²) in [4.78, 5) is 0. The standard InChI is InChI=1S/Al.9FH.Ga.Sc/h;9*1H;;/q+3;;;;;;;;;;2*+3/p-9. The average molecular weight is 313 g/mol. The first kappa shape index (κ1) is 1040. The summed E-state index contributed by atoms with van der Waals surface area (Å²) in [6.45, 7) is 0. The molecule has 12 heteroatoms. The molecule has 0 fully saturated rings. The van der Waals surface area contributed by atoms with Crippen molar-refractivity contribution in [3.63, 3.8) is 0 Å². The molecule has 0 saturated carbocycles. The number of halogens is 9. The zero-order chi connectivity index (χ0) is 0. The molecule has 0 aromatic rings. The fraction of sp³-hybridized carbons (Fsp3) is 0. The smallest absolute Gasteiger partial charge is 1.00 e. The Balaban J connectivity index is 0. The first-order valence-electron chi connectivity index (χ1n) is 0. The molecule has 0 aliphatic carbocycles. The molecule has 12 heavy (non-hydrogen) atoms. The largest absolute Gasteiger partial charge is 3.00 e. The van der Waals surface area contributed by atoms with Crippen molar-refractivity contribution in [3.8, 4) is 0 Å². The zero-order valence-electron chi connectivity index (χ0n) is 5.13. The molecule has 72 valence electrons. The van der Waals surface area contributed by atoms with Gasteiger partial charge in [-0.05, 0) is 0 Å². The minimum absolute atomic E-state index is 0. The van der Waals surface area contributed by atoms with Crippen molar-refractivity contribution in [2.75, 3.05) is 0 Å². The second-order valence-electron chi connectivity index (χ2n) is 0. The van der Waals surface area contributed by atoms with Crippen molar-refractivity contribution in [2.24, 2.45) is 0 Å². The maximum atomic E-state index is 0. The van der Waals surface area contributed by atoms with Gasteiger partial charge in [-0.25, -0.2) is 0 Å². The SMILES string of the molecule is [Al+3].[F-].[F-].[F-].[F-].[F-].[F-].[F-].[F-].[F-].[Ga+3].[Sc+3]. The van der Waals surface area contributed by atoms with Gasteiger partial charge in [0.15, 0.2) is 0 Å². The molecular weight excluding hydrogens is 313 g/mol. The van der Waals surface area contributed by atoms with Crippen LogP contribution < -0.4 is 42.3 Å². The molecule has 0 aliphatic rings. The summed E-state index contributed by atoms with van der Waals surface area (Å²) in [5, 5.41) is 0. The quantitative estimate of drug-likeness (QED) is 0.308. The van der Waals surface area contributed by atoms with Crippen LogP contribution in [0.5, 0.6) is 0 Å². The minimum atomic E-state index is 0. The maximum Gasteiger partial charge on any atom is 3.00 e. The molecule has 0 rings (SSSR count). The van der Waals surface area contributed by atoms with Crippen LogP contribution in [0, 0.1) is 0 Å². The van der Waals surface area contributed by atoms with Crippen molar-refractivity contribution in [1.82, 2.24) is 0 Å². The van der Waals surface area contributed by atoms with Crippen LogP contribution >= 0.6 is 0 Å². The van der Waals surface area contributed by atoms with Gasteiger partial charge >= 0.3 is 63.0 Å². The van der Waals surface area contributed by atoms with E-state index < -0.39 is 0 Å². The van der Waals surface area contributed by atoms with Crippen LogP contribution in [0.25, 0.3) is 0 Å². The Labute approximate surface area is 105 Å². The Morgan fingerprint density at radius 3 is 0.333 bits per heavy atom. The molecule has 0 radical (unpaired) electrons. The molecule has 0 bridgehead atoms. The molecule has 0 amide bonds. The van der Waals surface area contributed by atoms with E-state index in [1.807, 2.05) is 0 Å². The number of hydrogen-bond acceptors (Lipinski definition) is 0. The van der Waals surface area contributed by atoms with Gasteiger partial charge in [-0.2, -0.15) is 0 Å². The van der Waals surface area contributed by atoms with E-state index in [1.165, 1.54) is 0 Å². The molecule has 0 aromatic heterocycles. The topological polar surface area (TPSA) is 0 Å². The number of rotatable bonds is 0. The minimum Gasteiger partial charge on any atom is -1.00 e. The second kappa shape index (κ2) is 814. The summed E-state index contributed by atoms with van der Waals surface area (Å²) in [6.07, 6.45) is 0. The third-order valence-electron chi connectivity index (χ3n) is 0. The van der Waals surface area contributed by atoms with E-state index in [2.05, 4.69) is 0 Å². The van der Waals surface area contributed by atoms with E-state index in [1.54, 1.807) is 0 Å². The monoisotopic (exact) mass is 312 g/mol. The van der Waals surface area contributed by atoms with Gasteiger partial charge in [0.25, 0.3) is 0 Å². The zero-order valence-corrected chi connectivity index (χ0v) is 10.5. The fourth-order valence-corrected chi connectivity index (χ4v) is 0. The van der Waals surface area contributed by atoms with Crippen LogP contribution in [-0.2, 0) is 25.8 Å². The van der Waals surface area contributed by atoms with Crippen LogP contribution in [0.2, 0.25) is 0 Å². The van der Waals surface area contributed by atoms with Crippen molar-refractivity contribution < 1.29 is 68.2 Å². The molecular formula is AlF9GaSc. The van der Waals surface area contributed by atoms with E-state index in [4.69, 9.17) is 0 Å². The van der Waals surface area contributed by atoms with Crippen molar-refractivity contribution in [1.29, 1.82) is 0 Å². The van der Waals surface area contributed by atoms with E-state index >= 15 is 0 Å². The van der Waals surface area contributed by atoms with Gasteiger partial charge in [-0.3, -0.25) is 0 Å². The van der Waals surface area contributed by atoms with Gasteiger partial charge < -0.3 is 42.3 Å². The normalized spacial score (nSPS) is 0. The summed E-state index contributed by atoms with van der Waals surface area (Å²) in [5.41, 5.74) is 0.